The van der Waals surface area contributed by atoms with Crippen LogP contribution in [0.4, 0.5) is 5.69 Å². The molecule has 0 radical (unpaired) electrons. The molecule has 94 valence electrons. The highest BCUT2D eigenvalue weighted by molar-refractivity contribution is 14.1. The van der Waals surface area contributed by atoms with Gasteiger partial charge in [0.25, 0.3) is 0 Å². The summed E-state index contributed by atoms with van der Waals surface area (Å²) in [4.78, 5) is 11.5. The van der Waals surface area contributed by atoms with Crippen LogP contribution in [-0.2, 0) is 4.79 Å². The first-order valence-corrected chi connectivity index (χ1v) is 6.90. The second-order valence-electron chi connectivity index (χ2n) is 4.18. The maximum Gasteiger partial charge on any atom is 0.239 e. The van der Waals surface area contributed by atoms with Gasteiger partial charge in [-0.3, -0.25) is 4.79 Å². The zero-order valence-corrected chi connectivity index (χ0v) is 12.8. The number of rotatable bonds is 5. The number of hydrogen-bond donors (Lipinski definition) is 2. The number of halogens is 2. The lowest BCUT2D eigenvalue weighted by Crippen LogP contribution is -2.32. The monoisotopic (exact) mass is 366 g/mol. The summed E-state index contributed by atoms with van der Waals surface area (Å²) in [5, 5.41) is 6.50. The summed E-state index contributed by atoms with van der Waals surface area (Å²) >= 11 is 8.21. The third kappa shape index (κ3) is 5.59. The largest absolute Gasteiger partial charge is 0.375 e. The van der Waals surface area contributed by atoms with E-state index in [4.69, 9.17) is 11.6 Å². The molecule has 1 aromatic carbocycles. The van der Waals surface area contributed by atoms with Crippen LogP contribution >= 0.6 is 34.2 Å². The Kier molecular flexibility index (Phi) is 6.05. The Balaban J connectivity index is 2.44. The number of nitrogens with one attached hydrogen (secondary N) is 2. The van der Waals surface area contributed by atoms with Crippen molar-refractivity contribution in [1.29, 1.82) is 0 Å². The Morgan fingerprint density at radius 3 is 2.82 bits per heavy atom. The van der Waals surface area contributed by atoms with E-state index in [2.05, 4.69) is 47.1 Å². The highest BCUT2D eigenvalue weighted by Crippen LogP contribution is 2.23. The average molecular weight is 367 g/mol. The average Bonchev–Trinajstić information content (AvgIpc) is 2.27. The molecule has 1 rings (SSSR count). The van der Waals surface area contributed by atoms with E-state index < -0.39 is 0 Å². The first-order valence-electron chi connectivity index (χ1n) is 5.44. The van der Waals surface area contributed by atoms with E-state index in [1.807, 2.05) is 18.2 Å². The van der Waals surface area contributed by atoms with Crippen LogP contribution in [0.25, 0.3) is 0 Å². The molecule has 1 aromatic rings. The summed E-state index contributed by atoms with van der Waals surface area (Å²) in [5.41, 5.74) is 0.790. The van der Waals surface area contributed by atoms with Crippen molar-refractivity contribution in [3.8, 4) is 0 Å². The Labute approximate surface area is 120 Å². The molecule has 0 atom stereocenters. The van der Waals surface area contributed by atoms with Crippen molar-refractivity contribution in [3.63, 3.8) is 0 Å². The van der Waals surface area contributed by atoms with Crippen molar-refractivity contribution in [3.05, 3.63) is 26.8 Å². The van der Waals surface area contributed by atoms with E-state index in [9.17, 15) is 4.79 Å². The van der Waals surface area contributed by atoms with Gasteiger partial charge in [0, 0.05) is 10.1 Å². The molecule has 0 fully saturated rings. The Morgan fingerprint density at radius 1 is 1.47 bits per heavy atom. The fraction of sp³-hybridized carbons (Fsp3) is 0.417. The topological polar surface area (TPSA) is 41.1 Å². The van der Waals surface area contributed by atoms with Gasteiger partial charge in [0.05, 0.1) is 17.3 Å². The highest BCUT2D eigenvalue weighted by atomic mass is 127. The van der Waals surface area contributed by atoms with Gasteiger partial charge in [-0.2, -0.15) is 0 Å². The molecule has 3 nitrogen and oxygen atoms in total. The van der Waals surface area contributed by atoms with Crippen LogP contribution in [0.5, 0.6) is 0 Å². The van der Waals surface area contributed by atoms with Gasteiger partial charge in [0.1, 0.15) is 0 Å². The van der Waals surface area contributed by atoms with Gasteiger partial charge in [0.2, 0.25) is 5.91 Å². The molecular formula is C12H16ClIN2O. The number of benzene rings is 1. The second kappa shape index (κ2) is 7.06. The van der Waals surface area contributed by atoms with Crippen LogP contribution in [0, 0.1) is 9.49 Å². The van der Waals surface area contributed by atoms with Gasteiger partial charge in [-0.25, -0.2) is 0 Å². The number of anilines is 1. The zero-order chi connectivity index (χ0) is 12.8. The molecule has 0 spiro atoms. The first kappa shape index (κ1) is 14.6. The third-order valence-corrected chi connectivity index (χ3v) is 3.08. The van der Waals surface area contributed by atoms with E-state index in [1.54, 1.807) is 0 Å². The number of carbonyl (C=O) groups is 1. The van der Waals surface area contributed by atoms with Gasteiger partial charge in [-0.15, -0.1) is 0 Å². The van der Waals surface area contributed by atoms with E-state index in [-0.39, 0.29) is 12.5 Å². The van der Waals surface area contributed by atoms with Crippen molar-refractivity contribution >= 4 is 45.8 Å². The smallest absolute Gasteiger partial charge is 0.239 e. The Bertz CT molecular complexity index is 396. The van der Waals surface area contributed by atoms with Crippen LogP contribution in [0.1, 0.15) is 13.8 Å². The predicted octanol–water partition coefficient (Wildman–Crippen LogP) is 3.13. The number of carbonyl (C=O) groups excluding carboxylic acids is 1. The van der Waals surface area contributed by atoms with Crippen molar-refractivity contribution in [2.24, 2.45) is 5.92 Å². The van der Waals surface area contributed by atoms with E-state index in [0.29, 0.717) is 17.5 Å². The minimum Gasteiger partial charge on any atom is -0.375 e. The molecule has 5 heteroatoms. The standard InChI is InChI=1S/C12H16ClIN2O/c1-8(2)6-16-12(17)7-15-11-5-9(14)3-4-10(11)13/h3-5,8,15H,6-7H2,1-2H3,(H,16,17). The molecule has 0 aromatic heterocycles. The van der Waals surface area contributed by atoms with Crippen LogP contribution in [0.3, 0.4) is 0 Å². The van der Waals surface area contributed by atoms with Crippen LogP contribution in [-0.4, -0.2) is 19.0 Å². The van der Waals surface area contributed by atoms with Gasteiger partial charge in [0.15, 0.2) is 0 Å². The van der Waals surface area contributed by atoms with Gasteiger partial charge < -0.3 is 10.6 Å². The normalized spacial score (nSPS) is 10.4. The summed E-state index contributed by atoms with van der Waals surface area (Å²) in [5.74, 6) is 0.439. The van der Waals surface area contributed by atoms with Crippen molar-refractivity contribution in [2.45, 2.75) is 13.8 Å². The minimum atomic E-state index is -0.0198. The first-order chi connectivity index (χ1) is 7.99. The van der Waals surface area contributed by atoms with E-state index in [1.165, 1.54) is 0 Å². The molecular weight excluding hydrogens is 351 g/mol. The summed E-state index contributed by atoms with van der Waals surface area (Å²) < 4.78 is 1.08. The second-order valence-corrected chi connectivity index (χ2v) is 5.83. The molecule has 1 amide bonds. The maximum absolute atomic E-state index is 11.5. The van der Waals surface area contributed by atoms with Crippen molar-refractivity contribution in [2.75, 3.05) is 18.4 Å². The van der Waals surface area contributed by atoms with Gasteiger partial charge in [-0.1, -0.05) is 25.4 Å². The summed E-state index contributed by atoms with van der Waals surface area (Å²) in [6.45, 7) is 5.06. The third-order valence-electron chi connectivity index (χ3n) is 2.08. The van der Waals surface area contributed by atoms with Crippen molar-refractivity contribution in [1.82, 2.24) is 5.32 Å². The van der Waals surface area contributed by atoms with E-state index >= 15 is 0 Å². The Morgan fingerprint density at radius 2 is 2.18 bits per heavy atom. The van der Waals surface area contributed by atoms with E-state index in [0.717, 1.165) is 9.26 Å². The molecule has 0 saturated carbocycles. The lowest BCUT2D eigenvalue weighted by Gasteiger charge is -2.10. The molecule has 0 aliphatic carbocycles. The lowest BCUT2D eigenvalue weighted by atomic mass is 10.2. The molecule has 0 saturated heterocycles. The van der Waals surface area contributed by atoms with Gasteiger partial charge >= 0.3 is 0 Å². The van der Waals surface area contributed by atoms with Crippen LogP contribution < -0.4 is 10.6 Å². The van der Waals surface area contributed by atoms with Gasteiger partial charge in [-0.05, 0) is 46.7 Å². The maximum atomic E-state index is 11.5. The molecule has 0 unspecified atom stereocenters. The summed E-state index contributed by atoms with van der Waals surface area (Å²) in [6, 6.07) is 5.66. The highest BCUT2D eigenvalue weighted by Gasteiger charge is 2.04. The van der Waals surface area contributed by atoms with Crippen LogP contribution in [0.15, 0.2) is 18.2 Å². The molecule has 0 bridgehead atoms. The quantitative estimate of drug-likeness (QED) is 0.786. The minimum absolute atomic E-state index is 0.0198. The van der Waals surface area contributed by atoms with Crippen molar-refractivity contribution < 1.29 is 4.79 Å². The fourth-order valence-electron chi connectivity index (χ4n) is 1.19. The van der Waals surface area contributed by atoms with Crippen LogP contribution in [0.2, 0.25) is 5.02 Å². The predicted molar refractivity (Wildman–Crippen MR) is 80.5 cm³/mol. The molecule has 17 heavy (non-hydrogen) atoms. The molecule has 0 heterocycles. The molecule has 2 N–H and O–H groups in total. The molecule has 0 aliphatic heterocycles. The SMILES string of the molecule is CC(C)CNC(=O)CNc1cc(I)ccc1Cl. The number of amides is 1. The summed E-state index contributed by atoms with van der Waals surface area (Å²) in [6.07, 6.45) is 0. The lowest BCUT2D eigenvalue weighted by molar-refractivity contribution is -0.119. The molecule has 0 aliphatic rings. The Hall–Kier alpha value is -0.490. The number of hydrogen-bond acceptors (Lipinski definition) is 2. The zero-order valence-electron chi connectivity index (χ0n) is 9.89. The fourth-order valence-corrected chi connectivity index (χ4v) is 1.86. The summed E-state index contributed by atoms with van der Waals surface area (Å²) in [7, 11) is 0.